The van der Waals surface area contributed by atoms with Gasteiger partial charge < -0.3 is 74.6 Å². The van der Waals surface area contributed by atoms with Gasteiger partial charge in [0.05, 0.1) is 45.0 Å². The fraction of sp³-hybridized carbons (Fsp3) is 0.509. The molecule has 4 aromatic rings. The average molecular weight is 1340 g/mol. The molecule has 9 atom stereocenters. The quantitative estimate of drug-likeness (QED) is 0.00965. The molecule has 3 saturated heterocycles. The second-order valence-electron chi connectivity index (χ2n) is 21.2. The van der Waals surface area contributed by atoms with Crippen molar-refractivity contribution in [3.8, 4) is 0 Å². The number of aromatic amines is 2. The van der Waals surface area contributed by atoms with E-state index in [2.05, 4.69) is 62.5 Å². The summed E-state index contributed by atoms with van der Waals surface area (Å²) < 4.78 is 0. The van der Waals surface area contributed by atoms with Crippen LogP contribution in [0.15, 0.2) is 54.0 Å². The number of aliphatic imine (C=N–C) groups is 1. The molecule has 32 heteroatoms. The second-order valence-corrected chi connectivity index (χ2v) is 26.7. The van der Waals surface area contributed by atoms with Gasteiger partial charge in [0, 0.05) is 90.3 Å². The van der Waals surface area contributed by atoms with Crippen molar-refractivity contribution in [1.82, 2.24) is 62.4 Å². The number of imidazole rings is 1. The van der Waals surface area contributed by atoms with Crippen LogP contribution in [0.4, 0.5) is 4.79 Å². The highest BCUT2D eigenvalue weighted by Gasteiger charge is 2.43. The number of guanidine groups is 1. The molecule has 2 aromatic heterocycles. The van der Waals surface area contributed by atoms with Gasteiger partial charge in [-0.25, -0.2) is 9.78 Å². The van der Waals surface area contributed by atoms with Crippen molar-refractivity contribution in [1.29, 1.82) is 0 Å². The van der Waals surface area contributed by atoms with Crippen LogP contribution >= 0.6 is 79.8 Å². The number of carbonyl (C=O) groups is 9. The van der Waals surface area contributed by atoms with E-state index in [9.17, 15) is 38.4 Å². The summed E-state index contributed by atoms with van der Waals surface area (Å²) in [4.78, 5) is 143. The molecule has 3 aliphatic heterocycles. The van der Waals surface area contributed by atoms with Gasteiger partial charge in [0.15, 0.2) is 5.96 Å². The largest absolute Gasteiger partial charge is 0.370 e. The average Bonchev–Trinajstić information content (AvgIpc) is 3.53. The van der Waals surface area contributed by atoms with Crippen LogP contribution in [0.3, 0.4) is 0 Å². The van der Waals surface area contributed by atoms with Gasteiger partial charge in [-0.05, 0) is 55.4 Å². The maximum atomic E-state index is 15.0. The lowest BCUT2D eigenvalue weighted by Gasteiger charge is -2.30. The van der Waals surface area contributed by atoms with Crippen LogP contribution in [0.1, 0.15) is 81.5 Å². The number of rotatable bonds is 23. The summed E-state index contributed by atoms with van der Waals surface area (Å²) in [5.74, 6) is -5.45. The number of para-hydroxylation sites is 1. The molecular weight excluding hydrogens is 1270 g/mol. The van der Waals surface area contributed by atoms with E-state index < -0.39 is 90.6 Å². The predicted octanol–water partition coefficient (Wildman–Crippen LogP) is 3.12. The number of amides is 10. The van der Waals surface area contributed by atoms with Gasteiger partial charge >= 0.3 is 6.03 Å². The Bertz CT molecular complexity index is 3140. The maximum absolute atomic E-state index is 15.0. The standard InChI is InChI=1S/C55H72Cl4N16O9S3/c1-2-3-10-34(67-43(77)14-7-6-13-41-47-39(25-85-41)73-55(84)74-47)48(78)72-40-26-87-86-17-16-75(24-42(60)76)53(83)38(20-29-22-65-33-11-5-4-9-31(29)33)71-49(79)35(12-8-15-64-54(61)62)68-50(80)36(19-28-18-32(56)45(58)46(59)44(28)57)69-51(81)37(70-52(40)82)21-30-23-63-27-66-30/h4-5,9,11,18,22-23,27,34-41,47,65H,2-3,6-8,10,12-17,19-21,24-26H2,1H3,(H2,60,76)(H,63,66)(H,67,77)(H,68,80)(H,69,81)(H,70,82)(H,71,79)(H,72,78)(H4,61,62,64)(H2,73,74,84)/t34-,35-,36+,37-,38-,39-,40-,41-,47-/m0/s1. The number of fused-ring (bicyclic) bond motifs is 2. The Morgan fingerprint density at radius 2 is 1.48 bits per heavy atom. The van der Waals surface area contributed by atoms with Crippen molar-refractivity contribution in [2.45, 2.75) is 138 Å². The smallest absolute Gasteiger partial charge is 0.315 e. The summed E-state index contributed by atoms with van der Waals surface area (Å²) in [7, 11) is 2.35. The van der Waals surface area contributed by atoms with Gasteiger partial charge in [0.2, 0.25) is 47.3 Å². The Hall–Kier alpha value is -6.30. The summed E-state index contributed by atoms with van der Waals surface area (Å²) in [5.41, 5.74) is 18.9. The van der Waals surface area contributed by atoms with Crippen molar-refractivity contribution in [2.24, 2.45) is 22.2 Å². The SMILES string of the molecule is CCCC[C@H](NC(=O)CCCC[C@@H]1SC[C@@H]2NC(=O)N[C@@H]21)C(=O)N[C@H]1CSSCCN(CC(N)=O)C(=O)[C@H](Cc2c[nH]c3ccccc23)NC(=O)[C@H](CCCN=C(N)N)NC(=O)[C@@H](Cc2cc(Cl)c(Cl)c(Cl)c2Cl)NC(=O)[C@H](Cc2cnc[nH]2)NC1=O. The summed E-state index contributed by atoms with van der Waals surface area (Å²) in [6, 6.07) is 0.263. The molecule has 0 unspecified atom stereocenters. The molecular formula is C55H72Cl4N16O9S3. The molecule has 16 N–H and O–H groups in total. The third-order valence-electron chi connectivity index (χ3n) is 14.8. The maximum Gasteiger partial charge on any atom is 0.315 e. The minimum absolute atomic E-state index is 0.0209. The predicted molar refractivity (Wildman–Crippen MR) is 340 cm³/mol. The van der Waals surface area contributed by atoms with E-state index in [0.29, 0.717) is 36.9 Å². The molecule has 0 radical (unpaired) electrons. The number of thioether (sulfide) groups is 1. The minimum atomic E-state index is -1.62. The van der Waals surface area contributed by atoms with Crippen LogP contribution in [-0.2, 0) is 57.6 Å². The summed E-state index contributed by atoms with van der Waals surface area (Å²) in [6.45, 7) is 1.32. The molecule has 472 valence electrons. The number of nitrogens with zero attached hydrogens (tertiary/aromatic N) is 3. The zero-order valence-electron chi connectivity index (χ0n) is 47.5. The minimum Gasteiger partial charge on any atom is -0.370 e. The summed E-state index contributed by atoms with van der Waals surface area (Å²) >= 11 is 27.9. The third kappa shape index (κ3) is 19.8. The number of benzene rings is 2. The summed E-state index contributed by atoms with van der Waals surface area (Å²) in [5, 5.41) is 23.3. The Kier molecular flexibility index (Phi) is 26.1. The van der Waals surface area contributed by atoms with Gasteiger partial charge in [-0.2, -0.15) is 11.8 Å². The number of carbonyl (C=O) groups excluding carboxylic acids is 9. The fourth-order valence-electron chi connectivity index (χ4n) is 10.3. The fourth-order valence-corrected chi connectivity index (χ4v) is 14.9. The lowest BCUT2D eigenvalue weighted by Crippen LogP contribution is -2.61. The highest BCUT2D eigenvalue weighted by atomic mass is 35.5. The van der Waals surface area contributed by atoms with Crippen molar-refractivity contribution in [3.05, 3.63) is 86.0 Å². The van der Waals surface area contributed by atoms with Crippen molar-refractivity contribution >= 4 is 150 Å². The van der Waals surface area contributed by atoms with E-state index in [1.54, 1.807) is 18.0 Å². The molecule has 3 fully saturated rings. The molecule has 10 amide bonds. The van der Waals surface area contributed by atoms with Gasteiger partial charge in [-0.15, -0.1) is 0 Å². The molecule has 87 heavy (non-hydrogen) atoms. The van der Waals surface area contributed by atoms with Crippen LogP contribution in [0.5, 0.6) is 0 Å². The van der Waals surface area contributed by atoms with Crippen molar-refractivity contribution < 1.29 is 43.2 Å². The number of hydrogen-bond acceptors (Lipinski definition) is 14. The summed E-state index contributed by atoms with van der Waals surface area (Å²) in [6.07, 6.45) is 7.41. The van der Waals surface area contributed by atoms with Gasteiger partial charge in [0.25, 0.3) is 0 Å². The number of nitrogens with two attached hydrogens (primary N) is 3. The van der Waals surface area contributed by atoms with E-state index in [-0.39, 0.29) is 124 Å². The Morgan fingerprint density at radius 1 is 0.770 bits per heavy atom. The zero-order chi connectivity index (χ0) is 62.7. The first-order valence-electron chi connectivity index (χ1n) is 28.4. The zero-order valence-corrected chi connectivity index (χ0v) is 53.0. The molecule has 2 aromatic carbocycles. The van der Waals surface area contributed by atoms with Crippen LogP contribution < -0.4 is 59.7 Å². The molecule has 0 spiro atoms. The number of nitrogens with one attached hydrogen (secondary N) is 10. The number of unbranched alkanes of at least 4 members (excludes halogenated alkanes) is 2. The molecule has 25 nitrogen and oxygen atoms in total. The van der Waals surface area contributed by atoms with E-state index in [4.69, 9.17) is 63.6 Å². The highest BCUT2D eigenvalue weighted by molar-refractivity contribution is 8.76. The van der Waals surface area contributed by atoms with Gasteiger partial charge in [-0.3, -0.25) is 43.3 Å². The van der Waals surface area contributed by atoms with Gasteiger partial charge in [-0.1, -0.05) is 112 Å². The number of hydrogen-bond donors (Lipinski definition) is 13. The van der Waals surface area contributed by atoms with Crippen molar-refractivity contribution in [3.63, 3.8) is 0 Å². The number of H-pyrrole nitrogens is 2. The normalized spacial score (nSPS) is 22.8. The van der Waals surface area contributed by atoms with Crippen LogP contribution in [-0.4, -0.2) is 170 Å². The molecule has 3 aliphatic rings. The first kappa shape index (κ1) is 68.2. The second kappa shape index (κ2) is 33.3. The number of urea groups is 1. The highest BCUT2D eigenvalue weighted by Crippen LogP contribution is 2.39. The molecule has 5 heterocycles. The lowest BCUT2D eigenvalue weighted by atomic mass is 10.0. The molecule has 0 aliphatic carbocycles. The van der Waals surface area contributed by atoms with Crippen molar-refractivity contribution in [2.75, 3.05) is 36.9 Å². The number of halogens is 4. The van der Waals surface area contributed by atoms with E-state index in [1.807, 2.05) is 31.2 Å². The Labute approximate surface area is 534 Å². The molecule has 0 saturated carbocycles. The lowest BCUT2D eigenvalue weighted by molar-refractivity contribution is -0.139. The van der Waals surface area contributed by atoms with E-state index in [0.717, 1.165) is 33.9 Å². The monoisotopic (exact) mass is 1340 g/mol. The first-order valence-corrected chi connectivity index (χ1v) is 33.4. The third-order valence-corrected chi connectivity index (χ3v) is 20.5. The van der Waals surface area contributed by atoms with Crippen LogP contribution in [0, 0.1) is 0 Å². The number of primary amides is 1. The van der Waals surface area contributed by atoms with E-state index in [1.165, 1.54) is 34.3 Å². The topological polar surface area (TPSA) is 388 Å². The Morgan fingerprint density at radius 3 is 2.22 bits per heavy atom. The van der Waals surface area contributed by atoms with Crippen LogP contribution in [0.2, 0.25) is 20.1 Å². The van der Waals surface area contributed by atoms with Crippen LogP contribution in [0.25, 0.3) is 10.9 Å². The van der Waals surface area contributed by atoms with Gasteiger partial charge in [0.1, 0.15) is 36.3 Å². The van der Waals surface area contributed by atoms with E-state index >= 15 is 4.79 Å². The number of aromatic nitrogens is 3. The molecule has 7 rings (SSSR count). The molecule has 0 bridgehead atoms. The first-order chi connectivity index (χ1) is 41.7. The Balaban J connectivity index is 1.21.